The summed E-state index contributed by atoms with van der Waals surface area (Å²) in [5, 5.41) is 8.33. The van der Waals surface area contributed by atoms with Gasteiger partial charge in [-0.3, -0.25) is 0 Å². The van der Waals surface area contributed by atoms with Crippen LogP contribution in [0.25, 0.3) is 0 Å². The molecular formula is C14H24N4O3S. The molecule has 0 radical (unpaired) electrons. The second-order valence-corrected chi connectivity index (χ2v) is 8.08. The minimum Gasteiger partial charge on any atom is -0.381 e. The van der Waals surface area contributed by atoms with Crippen molar-refractivity contribution in [3.05, 3.63) is 11.6 Å². The third kappa shape index (κ3) is 4.05. The van der Waals surface area contributed by atoms with Gasteiger partial charge >= 0.3 is 0 Å². The molecule has 1 unspecified atom stereocenters. The molecule has 8 heteroatoms. The van der Waals surface area contributed by atoms with Crippen LogP contribution in [0.3, 0.4) is 0 Å². The molecule has 124 valence electrons. The summed E-state index contributed by atoms with van der Waals surface area (Å²) in [5.74, 6) is 2.24. The van der Waals surface area contributed by atoms with Crippen molar-refractivity contribution in [1.82, 2.24) is 19.5 Å². The highest BCUT2D eigenvalue weighted by Crippen LogP contribution is 2.17. The Labute approximate surface area is 131 Å². The van der Waals surface area contributed by atoms with Gasteiger partial charge in [0.25, 0.3) is 0 Å². The molecule has 0 bridgehead atoms. The number of hydrogen-bond acceptors (Lipinski definition) is 5. The van der Waals surface area contributed by atoms with E-state index in [0.29, 0.717) is 18.9 Å². The maximum atomic E-state index is 12.1. The number of hydrogen-bond donors (Lipinski definition) is 1. The summed E-state index contributed by atoms with van der Waals surface area (Å²) in [4.78, 5) is 0. The van der Waals surface area contributed by atoms with Gasteiger partial charge < -0.3 is 9.30 Å². The second-order valence-electron chi connectivity index (χ2n) is 6.15. The van der Waals surface area contributed by atoms with E-state index in [-0.39, 0.29) is 12.3 Å². The summed E-state index contributed by atoms with van der Waals surface area (Å²) in [7, 11) is -3.27. The first-order valence-electron chi connectivity index (χ1n) is 8.10. The molecule has 1 aromatic heterocycles. The molecule has 0 aromatic carbocycles. The average Bonchev–Trinajstić information content (AvgIpc) is 3.09. The van der Waals surface area contributed by atoms with E-state index in [1.54, 1.807) is 0 Å². The van der Waals surface area contributed by atoms with E-state index in [4.69, 9.17) is 4.74 Å². The molecule has 0 spiro atoms. The largest absolute Gasteiger partial charge is 0.381 e. The van der Waals surface area contributed by atoms with E-state index in [1.165, 1.54) is 6.42 Å². The van der Waals surface area contributed by atoms with Gasteiger partial charge in [0.05, 0.1) is 12.3 Å². The van der Waals surface area contributed by atoms with E-state index in [0.717, 1.165) is 50.5 Å². The van der Waals surface area contributed by atoms with Crippen molar-refractivity contribution >= 4 is 10.0 Å². The number of aromatic nitrogens is 3. The van der Waals surface area contributed by atoms with Crippen molar-refractivity contribution in [3.63, 3.8) is 0 Å². The van der Waals surface area contributed by atoms with Gasteiger partial charge in [-0.15, -0.1) is 10.2 Å². The Morgan fingerprint density at radius 1 is 1.27 bits per heavy atom. The molecule has 7 nitrogen and oxygen atoms in total. The molecule has 1 saturated heterocycles. The summed E-state index contributed by atoms with van der Waals surface area (Å²) in [5.41, 5.74) is 0. The van der Waals surface area contributed by atoms with Gasteiger partial charge in [0.2, 0.25) is 10.0 Å². The molecule has 3 heterocycles. The number of rotatable bonds is 6. The molecule has 0 aliphatic carbocycles. The highest BCUT2D eigenvalue weighted by Gasteiger charge is 2.21. The van der Waals surface area contributed by atoms with Crippen LogP contribution in [0.15, 0.2) is 0 Å². The first-order chi connectivity index (χ1) is 10.6. The van der Waals surface area contributed by atoms with Crippen molar-refractivity contribution < 1.29 is 13.2 Å². The standard InChI is InChI=1S/C14H24N4O3S/c19-22(20,9-6-12-5-8-21-11-12)15-10-14-17-16-13-4-2-1-3-7-18(13)14/h12,15H,1-11H2. The van der Waals surface area contributed by atoms with E-state index >= 15 is 0 Å². The van der Waals surface area contributed by atoms with Gasteiger partial charge in [-0.2, -0.15) is 0 Å². The average molecular weight is 328 g/mol. The van der Waals surface area contributed by atoms with Crippen molar-refractivity contribution in [3.8, 4) is 0 Å². The van der Waals surface area contributed by atoms with Gasteiger partial charge in [-0.05, 0) is 31.6 Å². The predicted molar refractivity (Wildman–Crippen MR) is 81.7 cm³/mol. The van der Waals surface area contributed by atoms with Crippen LogP contribution in [-0.2, 0) is 34.3 Å². The highest BCUT2D eigenvalue weighted by atomic mass is 32.2. The van der Waals surface area contributed by atoms with Gasteiger partial charge in [0.1, 0.15) is 11.6 Å². The molecule has 22 heavy (non-hydrogen) atoms. The monoisotopic (exact) mass is 328 g/mol. The third-order valence-electron chi connectivity index (χ3n) is 4.46. The smallest absolute Gasteiger partial charge is 0.212 e. The molecule has 2 aliphatic rings. The van der Waals surface area contributed by atoms with Crippen LogP contribution >= 0.6 is 0 Å². The predicted octanol–water partition coefficient (Wildman–Crippen LogP) is 0.850. The zero-order chi connectivity index (χ0) is 15.4. The van der Waals surface area contributed by atoms with Crippen molar-refractivity contribution in [1.29, 1.82) is 0 Å². The minimum absolute atomic E-state index is 0.155. The molecular weight excluding hydrogens is 304 g/mol. The Bertz CT molecular complexity index is 593. The van der Waals surface area contributed by atoms with Crippen molar-refractivity contribution in [2.24, 2.45) is 5.92 Å². The minimum atomic E-state index is -3.27. The molecule has 3 rings (SSSR count). The maximum Gasteiger partial charge on any atom is 0.212 e. The molecule has 2 aliphatic heterocycles. The topological polar surface area (TPSA) is 86.1 Å². The zero-order valence-electron chi connectivity index (χ0n) is 12.8. The van der Waals surface area contributed by atoms with Crippen molar-refractivity contribution in [2.75, 3.05) is 19.0 Å². The number of ether oxygens (including phenoxy) is 1. The number of nitrogens with zero attached hydrogens (tertiary/aromatic N) is 3. The number of aryl methyl sites for hydroxylation is 1. The van der Waals surface area contributed by atoms with Gasteiger partial charge in [0, 0.05) is 26.2 Å². The summed E-state index contributed by atoms with van der Waals surface area (Å²) in [6.45, 7) is 2.56. The Morgan fingerprint density at radius 3 is 3.00 bits per heavy atom. The molecule has 0 amide bonds. The molecule has 0 saturated carbocycles. The number of sulfonamides is 1. The van der Waals surface area contributed by atoms with E-state index in [2.05, 4.69) is 19.5 Å². The maximum absolute atomic E-state index is 12.1. The summed E-state index contributed by atoms with van der Waals surface area (Å²) < 4.78 is 34.2. The Kier molecular flexibility index (Phi) is 5.10. The van der Waals surface area contributed by atoms with E-state index in [9.17, 15) is 8.42 Å². The van der Waals surface area contributed by atoms with Crippen LogP contribution in [0.2, 0.25) is 0 Å². The summed E-state index contributed by atoms with van der Waals surface area (Å²) >= 11 is 0. The SMILES string of the molecule is O=S(=O)(CCC1CCOC1)NCc1nnc2n1CCCCC2. The Hall–Kier alpha value is -0.990. The van der Waals surface area contributed by atoms with Crippen LogP contribution in [0.1, 0.15) is 43.8 Å². The Balaban J connectivity index is 1.54. The summed E-state index contributed by atoms with van der Waals surface area (Å²) in [6, 6.07) is 0. The van der Waals surface area contributed by atoms with Crippen LogP contribution in [-0.4, -0.2) is 42.1 Å². The zero-order valence-corrected chi connectivity index (χ0v) is 13.6. The normalized spacial score (nSPS) is 22.5. The number of nitrogens with one attached hydrogen (secondary N) is 1. The van der Waals surface area contributed by atoms with Crippen LogP contribution in [0.4, 0.5) is 0 Å². The van der Waals surface area contributed by atoms with E-state index in [1.807, 2.05) is 0 Å². The summed E-state index contributed by atoms with van der Waals surface area (Å²) in [6.07, 6.45) is 5.99. The van der Waals surface area contributed by atoms with Gasteiger partial charge in [0.15, 0.2) is 0 Å². The lowest BCUT2D eigenvalue weighted by molar-refractivity contribution is 0.185. The first-order valence-corrected chi connectivity index (χ1v) is 9.75. The van der Waals surface area contributed by atoms with Gasteiger partial charge in [-0.25, -0.2) is 13.1 Å². The second kappa shape index (κ2) is 7.06. The van der Waals surface area contributed by atoms with Crippen molar-refractivity contribution in [2.45, 2.75) is 51.6 Å². The first kappa shape index (κ1) is 15.9. The lowest BCUT2D eigenvalue weighted by Crippen LogP contribution is -2.28. The van der Waals surface area contributed by atoms with E-state index < -0.39 is 10.0 Å². The fourth-order valence-electron chi connectivity index (χ4n) is 3.06. The lowest BCUT2D eigenvalue weighted by atomic mass is 10.1. The third-order valence-corrected chi connectivity index (χ3v) is 5.81. The lowest BCUT2D eigenvalue weighted by Gasteiger charge is -2.10. The van der Waals surface area contributed by atoms with Crippen LogP contribution in [0.5, 0.6) is 0 Å². The Morgan fingerprint density at radius 2 is 2.18 bits per heavy atom. The fraction of sp³-hybridized carbons (Fsp3) is 0.857. The highest BCUT2D eigenvalue weighted by molar-refractivity contribution is 7.89. The number of fused-ring (bicyclic) bond motifs is 1. The fourth-order valence-corrected chi connectivity index (χ4v) is 4.19. The quantitative estimate of drug-likeness (QED) is 0.837. The van der Waals surface area contributed by atoms with Crippen LogP contribution < -0.4 is 4.72 Å². The molecule has 1 atom stereocenters. The van der Waals surface area contributed by atoms with Crippen LogP contribution in [0, 0.1) is 5.92 Å². The molecule has 1 fully saturated rings. The molecule has 1 N–H and O–H groups in total. The van der Waals surface area contributed by atoms with Gasteiger partial charge in [-0.1, -0.05) is 6.42 Å². The molecule has 1 aromatic rings.